The van der Waals surface area contributed by atoms with Crippen molar-refractivity contribution in [2.45, 2.75) is 33.1 Å². The molecule has 2 aliphatic carbocycles. The number of allylic oxidation sites excluding steroid dienone is 4. The lowest BCUT2D eigenvalue weighted by Crippen LogP contribution is -2.25. The van der Waals surface area contributed by atoms with Gasteiger partial charge >= 0.3 is 0 Å². The van der Waals surface area contributed by atoms with Gasteiger partial charge in [-0.2, -0.15) is 0 Å². The summed E-state index contributed by atoms with van der Waals surface area (Å²) in [5, 5.41) is 0. The molecule has 0 saturated heterocycles. The third-order valence-electron chi connectivity index (χ3n) is 5.62. The zero-order chi connectivity index (χ0) is 21.0. The Balaban J connectivity index is 0.000000568. The van der Waals surface area contributed by atoms with Gasteiger partial charge in [0.25, 0.3) is 0 Å². The SMILES string of the molecule is C=C/C=C1\C(=C)c2ccccc2C12c1ccccc1-c1ccccc12.CC.CC. The van der Waals surface area contributed by atoms with Crippen LogP contribution in [-0.4, -0.2) is 0 Å². The van der Waals surface area contributed by atoms with Crippen molar-refractivity contribution in [3.05, 3.63) is 126 Å². The summed E-state index contributed by atoms with van der Waals surface area (Å²) in [5.74, 6) is 0. The third-order valence-corrected chi connectivity index (χ3v) is 5.62. The number of benzene rings is 3. The van der Waals surface area contributed by atoms with Gasteiger partial charge in [0.05, 0.1) is 5.41 Å². The van der Waals surface area contributed by atoms with E-state index < -0.39 is 0 Å². The molecule has 0 amide bonds. The minimum absolute atomic E-state index is 0.283. The number of fused-ring (bicyclic) bond motifs is 7. The van der Waals surface area contributed by atoms with E-state index in [1.165, 1.54) is 39.0 Å². The molecule has 0 radical (unpaired) electrons. The summed E-state index contributed by atoms with van der Waals surface area (Å²) in [7, 11) is 0. The van der Waals surface area contributed by atoms with E-state index in [4.69, 9.17) is 0 Å². The normalized spacial score (nSPS) is 15.4. The van der Waals surface area contributed by atoms with E-state index in [1.807, 2.05) is 33.8 Å². The molecule has 3 aromatic carbocycles. The number of rotatable bonds is 1. The summed E-state index contributed by atoms with van der Waals surface area (Å²) in [4.78, 5) is 0. The summed E-state index contributed by atoms with van der Waals surface area (Å²) >= 11 is 0. The molecule has 0 fully saturated rings. The van der Waals surface area contributed by atoms with Gasteiger partial charge in [0.15, 0.2) is 0 Å². The van der Waals surface area contributed by atoms with Crippen LogP contribution >= 0.6 is 0 Å². The maximum atomic E-state index is 4.44. The Labute approximate surface area is 175 Å². The largest absolute Gasteiger partial charge is 0.0991 e. The molecule has 0 heteroatoms. The van der Waals surface area contributed by atoms with E-state index in [0.717, 1.165) is 5.57 Å². The van der Waals surface area contributed by atoms with E-state index >= 15 is 0 Å². The molecular formula is C29H30. The molecule has 2 aliphatic rings. The quantitative estimate of drug-likeness (QED) is 0.400. The lowest BCUT2D eigenvalue weighted by Gasteiger charge is -2.30. The molecule has 0 heterocycles. The Morgan fingerprint density at radius 3 is 1.45 bits per heavy atom. The fourth-order valence-electron chi connectivity index (χ4n) is 4.75. The smallest absolute Gasteiger partial charge is 0.0725 e. The van der Waals surface area contributed by atoms with E-state index in [2.05, 4.69) is 92.0 Å². The fraction of sp³-hybridized carbons (Fsp3) is 0.172. The van der Waals surface area contributed by atoms with E-state index in [9.17, 15) is 0 Å². The van der Waals surface area contributed by atoms with Gasteiger partial charge in [-0.1, -0.05) is 126 Å². The maximum Gasteiger partial charge on any atom is 0.0725 e. The molecule has 0 aromatic heterocycles. The van der Waals surface area contributed by atoms with Gasteiger partial charge in [-0.05, 0) is 44.5 Å². The molecule has 0 N–H and O–H groups in total. The van der Waals surface area contributed by atoms with Crippen LogP contribution < -0.4 is 0 Å². The number of hydrogen-bond acceptors (Lipinski definition) is 0. The van der Waals surface area contributed by atoms with Crippen molar-refractivity contribution in [3.63, 3.8) is 0 Å². The Hall–Kier alpha value is -3.12. The highest BCUT2D eigenvalue weighted by Crippen LogP contribution is 2.63. The summed E-state index contributed by atoms with van der Waals surface area (Å²) in [5.41, 5.74) is 9.94. The first-order chi connectivity index (χ1) is 14.3. The van der Waals surface area contributed by atoms with Crippen molar-refractivity contribution in [1.29, 1.82) is 0 Å². The highest BCUT2D eigenvalue weighted by Gasteiger charge is 2.52. The molecule has 0 atom stereocenters. The average molecular weight is 379 g/mol. The highest BCUT2D eigenvalue weighted by atomic mass is 14.5. The standard InChI is InChI=1S/C25H18.2C2H6/c1-3-10-21-17(2)18-11-4-7-14-22(18)25(21)23-15-8-5-12-19(23)20-13-6-9-16-24(20)25;2*1-2/h3-16H,1-2H2;2*1-2H3/b21-10+;;. The van der Waals surface area contributed by atoms with E-state index in [1.54, 1.807) is 0 Å². The van der Waals surface area contributed by atoms with Crippen molar-refractivity contribution >= 4 is 5.57 Å². The van der Waals surface area contributed by atoms with Crippen LogP contribution in [0.15, 0.2) is 104 Å². The van der Waals surface area contributed by atoms with Gasteiger partial charge in [0.2, 0.25) is 0 Å². The second-order valence-corrected chi connectivity index (χ2v) is 6.68. The van der Waals surface area contributed by atoms with Crippen molar-refractivity contribution in [2.24, 2.45) is 0 Å². The summed E-state index contributed by atoms with van der Waals surface area (Å²) < 4.78 is 0. The first-order valence-electron chi connectivity index (χ1n) is 10.6. The van der Waals surface area contributed by atoms with Crippen LogP contribution in [0.3, 0.4) is 0 Å². The fourth-order valence-corrected chi connectivity index (χ4v) is 4.75. The van der Waals surface area contributed by atoms with Gasteiger partial charge in [-0.15, -0.1) is 0 Å². The van der Waals surface area contributed by atoms with Gasteiger partial charge in [0.1, 0.15) is 0 Å². The third kappa shape index (κ3) is 2.75. The molecule has 1 spiro atoms. The van der Waals surface area contributed by atoms with Crippen LogP contribution in [0.2, 0.25) is 0 Å². The van der Waals surface area contributed by atoms with Crippen LogP contribution in [0.5, 0.6) is 0 Å². The van der Waals surface area contributed by atoms with E-state index in [-0.39, 0.29) is 5.41 Å². The molecule has 0 bridgehead atoms. The predicted octanol–water partition coefficient (Wildman–Crippen LogP) is 8.19. The molecule has 3 aromatic rings. The van der Waals surface area contributed by atoms with Crippen LogP contribution in [0.25, 0.3) is 16.7 Å². The predicted molar refractivity (Wildman–Crippen MR) is 128 cm³/mol. The maximum absolute atomic E-state index is 4.44. The Morgan fingerprint density at radius 1 is 0.621 bits per heavy atom. The van der Waals surface area contributed by atoms with Gasteiger partial charge < -0.3 is 0 Å². The molecule has 146 valence electrons. The monoisotopic (exact) mass is 378 g/mol. The summed E-state index contributed by atoms with van der Waals surface area (Å²) in [6.45, 7) is 16.4. The van der Waals surface area contributed by atoms with Crippen LogP contribution in [0, 0.1) is 0 Å². The molecule has 0 aliphatic heterocycles. The summed E-state index contributed by atoms with van der Waals surface area (Å²) in [6, 6.07) is 26.2. The average Bonchev–Trinajstić information content (AvgIpc) is 3.24. The van der Waals surface area contributed by atoms with Gasteiger partial charge in [0, 0.05) is 0 Å². The molecule has 0 unspecified atom stereocenters. The van der Waals surface area contributed by atoms with Gasteiger partial charge in [-0.25, -0.2) is 0 Å². The van der Waals surface area contributed by atoms with Crippen molar-refractivity contribution in [2.75, 3.05) is 0 Å². The molecular weight excluding hydrogens is 348 g/mol. The zero-order valence-electron chi connectivity index (χ0n) is 18.0. The molecule has 29 heavy (non-hydrogen) atoms. The Kier molecular flexibility index (Phi) is 6.03. The highest BCUT2D eigenvalue weighted by molar-refractivity contribution is 5.99. The minimum atomic E-state index is -0.283. The van der Waals surface area contributed by atoms with Crippen LogP contribution in [0.4, 0.5) is 0 Å². The van der Waals surface area contributed by atoms with Crippen LogP contribution in [-0.2, 0) is 5.41 Å². The van der Waals surface area contributed by atoms with Gasteiger partial charge in [-0.3, -0.25) is 0 Å². The Bertz CT molecular complexity index is 1030. The van der Waals surface area contributed by atoms with Crippen molar-refractivity contribution in [3.8, 4) is 11.1 Å². The lowest BCUT2D eigenvalue weighted by atomic mass is 9.70. The summed E-state index contributed by atoms with van der Waals surface area (Å²) in [6.07, 6.45) is 4.03. The van der Waals surface area contributed by atoms with Crippen molar-refractivity contribution < 1.29 is 0 Å². The topological polar surface area (TPSA) is 0 Å². The minimum Gasteiger partial charge on any atom is -0.0991 e. The molecule has 0 saturated carbocycles. The number of hydrogen-bond donors (Lipinski definition) is 0. The van der Waals surface area contributed by atoms with E-state index in [0.29, 0.717) is 0 Å². The lowest BCUT2D eigenvalue weighted by molar-refractivity contribution is 0.795. The first kappa shape index (κ1) is 20.6. The molecule has 5 rings (SSSR count). The Morgan fingerprint density at radius 2 is 1.00 bits per heavy atom. The zero-order valence-corrected chi connectivity index (χ0v) is 18.0. The second-order valence-electron chi connectivity index (χ2n) is 6.68. The van der Waals surface area contributed by atoms with Crippen LogP contribution in [0.1, 0.15) is 49.9 Å². The molecule has 0 nitrogen and oxygen atoms in total. The second kappa shape index (κ2) is 8.49. The first-order valence-corrected chi connectivity index (χ1v) is 10.6. The van der Waals surface area contributed by atoms with Crippen molar-refractivity contribution in [1.82, 2.24) is 0 Å².